The Hall–Kier alpha value is -0.490. The van der Waals surface area contributed by atoms with Crippen LogP contribution in [0.3, 0.4) is 0 Å². The largest absolute Gasteiger partial charge is 0.0843 e. The maximum absolute atomic E-state index is 6.36. The molecule has 0 nitrogen and oxygen atoms in total. The summed E-state index contributed by atoms with van der Waals surface area (Å²) in [5, 5.41) is 0.912. The van der Waals surface area contributed by atoms with E-state index in [-0.39, 0.29) is 0 Å². The maximum Gasteiger partial charge on any atom is 0.0408 e. The maximum atomic E-state index is 6.36. The third-order valence-corrected chi connectivity index (χ3v) is 12.4. The van der Waals surface area contributed by atoms with Crippen LogP contribution in [0.15, 0.2) is 24.3 Å². The fourth-order valence-electron chi connectivity index (χ4n) is 10.3. The van der Waals surface area contributed by atoms with Gasteiger partial charge in [-0.3, -0.25) is 0 Å². The molecule has 1 unspecified atom stereocenters. The van der Waals surface area contributed by atoms with Gasteiger partial charge in [0.2, 0.25) is 0 Å². The van der Waals surface area contributed by atoms with Gasteiger partial charge in [-0.15, -0.1) is 0 Å². The number of benzene rings is 1. The Labute approximate surface area is 216 Å². The second-order valence-electron chi connectivity index (χ2n) is 14.2. The monoisotopic (exact) mass is 482 g/mol. The minimum Gasteiger partial charge on any atom is -0.0843 e. The standard InChI is InChI=1S/C33H51Cl/c1-22(2)8-6-9-23(3)29-14-15-30-28-13-12-26-20-25(24-10-7-11-27(34)21-24)16-18-32(26,4)31(28)17-19-33(29,30)5/h7,10-11,21-23,25-26,28-31H,6,8-9,12-20H2,1-5H3/t23-,25?,26+,28+,29-,30+,31+,32+,33-/m1/s1. The topological polar surface area (TPSA) is 0 Å². The summed E-state index contributed by atoms with van der Waals surface area (Å²) in [6.45, 7) is 12.9. The van der Waals surface area contributed by atoms with Gasteiger partial charge in [-0.05, 0) is 134 Å². The summed E-state index contributed by atoms with van der Waals surface area (Å²) >= 11 is 6.36. The number of fused-ring (bicyclic) bond motifs is 5. The van der Waals surface area contributed by atoms with Crippen LogP contribution in [0.1, 0.15) is 123 Å². The molecule has 34 heavy (non-hydrogen) atoms. The Morgan fingerprint density at radius 2 is 1.65 bits per heavy atom. The average molecular weight is 483 g/mol. The van der Waals surface area contributed by atoms with Crippen LogP contribution in [0.25, 0.3) is 0 Å². The number of hydrogen-bond donors (Lipinski definition) is 0. The molecule has 0 bridgehead atoms. The van der Waals surface area contributed by atoms with Crippen molar-refractivity contribution in [3.05, 3.63) is 34.9 Å². The highest BCUT2D eigenvalue weighted by atomic mass is 35.5. The van der Waals surface area contributed by atoms with Crippen LogP contribution in [-0.4, -0.2) is 0 Å². The van der Waals surface area contributed by atoms with Crippen molar-refractivity contribution in [1.82, 2.24) is 0 Å². The Morgan fingerprint density at radius 3 is 2.41 bits per heavy atom. The predicted molar refractivity (Wildman–Crippen MR) is 147 cm³/mol. The zero-order valence-electron chi connectivity index (χ0n) is 22.8. The van der Waals surface area contributed by atoms with Crippen molar-refractivity contribution < 1.29 is 0 Å². The van der Waals surface area contributed by atoms with Crippen LogP contribution in [0.5, 0.6) is 0 Å². The van der Waals surface area contributed by atoms with Gasteiger partial charge in [0.05, 0.1) is 0 Å². The van der Waals surface area contributed by atoms with Gasteiger partial charge in [-0.25, -0.2) is 0 Å². The summed E-state index contributed by atoms with van der Waals surface area (Å²) in [5.41, 5.74) is 2.71. The molecule has 0 amide bonds. The molecule has 1 aromatic rings. The van der Waals surface area contributed by atoms with E-state index >= 15 is 0 Å². The van der Waals surface area contributed by atoms with Crippen LogP contribution in [0.4, 0.5) is 0 Å². The molecule has 4 saturated carbocycles. The smallest absolute Gasteiger partial charge is 0.0408 e. The molecule has 4 aliphatic rings. The third kappa shape index (κ3) is 4.41. The lowest BCUT2D eigenvalue weighted by atomic mass is 9.43. The van der Waals surface area contributed by atoms with Crippen LogP contribution in [0.2, 0.25) is 5.02 Å². The zero-order valence-corrected chi connectivity index (χ0v) is 23.5. The van der Waals surface area contributed by atoms with Crippen LogP contribution in [0, 0.1) is 52.3 Å². The number of halogens is 1. The summed E-state index contributed by atoms with van der Waals surface area (Å²) in [6.07, 6.45) is 17.6. The van der Waals surface area contributed by atoms with Crippen molar-refractivity contribution in [2.24, 2.45) is 52.3 Å². The second kappa shape index (κ2) is 9.76. The van der Waals surface area contributed by atoms with E-state index in [0.717, 1.165) is 52.4 Å². The second-order valence-corrected chi connectivity index (χ2v) is 14.7. The van der Waals surface area contributed by atoms with Crippen molar-refractivity contribution in [3.8, 4) is 0 Å². The first-order valence-corrected chi connectivity index (χ1v) is 15.4. The highest BCUT2D eigenvalue weighted by molar-refractivity contribution is 6.30. The average Bonchev–Trinajstić information content (AvgIpc) is 3.15. The van der Waals surface area contributed by atoms with Gasteiger partial charge in [0.1, 0.15) is 0 Å². The first kappa shape index (κ1) is 25.2. The lowest BCUT2D eigenvalue weighted by molar-refractivity contribution is -0.117. The zero-order chi connectivity index (χ0) is 24.1. The van der Waals surface area contributed by atoms with Crippen LogP contribution in [-0.2, 0) is 0 Å². The molecular weight excluding hydrogens is 432 g/mol. The molecule has 0 spiro atoms. The number of rotatable bonds is 6. The molecule has 9 atom stereocenters. The van der Waals surface area contributed by atoms with Gasteiger partial charge in [0, 0.05) is 5.02 Å². The van der Waals surface area contributed by atoms with E-state index in [1.165, 1.54) is 82.6 Å². The van der Waals surface area contributed by atoms with E-state index in [4.69, 9.17) is 11.6 Å². The van der Waals surface area contributed by atoms with Gasteiger partial charge in [0.25, 0.3) is 0 Å². The van der Waals surface area contributed by atoms with Gasteiger partial charge < -0.3 is 0 Å². The fourth-order valence-corrected chi connectivity index (χ4v) is 10.5. The highest BCUT2D eigenvalue weighted by Gasteiger charge is 2.60. The third-order valence-electron chi connectivity index (χ3n) is 12.2. The van der Waals surface area contributed by atoms with Crippen molar-refractivity contribution in [3.63, 3.8) is 0 Å². The van der Waals surface area contributed by atoms with Crippen LogP contribution < -0.4 is 0 Å². The molecule has 4 aliphatic carbocycles. The molecule has 0 saturated heterocycles. The highest BCUT2D eigenvalue weighted by Crippen LogP contribution is 2.69. The summed E-state index contributed by atoms with van der Waals surface area (Å²) < 4.78 is 0. The Bertz CT molecular complexity index is 843. The van der Waals surface area contributed by atoms with E-state index in [2.05, 4.69) is 52.8 Å². The Balaban J connectivity index is 1.27. The molecule has 0 heterocycles. The summed E-state index contributed by atoms with van der Waals surface area (Å²) in [6, 6.07) is 8.76. The Morgan fingerprint density at radius 1 is 0.882 bits per heavy atom. The minimum atomic E-state index is 0.584. The van der Waals surface area contributed by atoms with Crippen molar-refractivity contribution in [2.75, 3.05) is 0 Å². The van der Waals surface area contributed by atoms with E-state index in [9.17, 15) is 0 Å². The molecule has 0 N–H and O–H groups in total. The molecule has 0 aromatic heterocycles. The molecule has 1 aromatic carbocycles. The van der Waals surface area contributed by atoms with E-state index < -0.39 is 0 Å². The van der Waals surface area contributed by atoms with Crippen LogP contribution >= 0.6 is 11.6 Å². The molecule has 5 rings (SSSR count). The molecule has 4 fully saturated rings. The molecule has 0 radical (unpaired) electrons. The first-order valence-electron chi connectivity index (χ1n) is 15.0. The first-order chi connectivity index (χ1) is 16.2. The van der Waals surface area contributed by atoms with Gasteiger partial charge >= 0.3 is 0 Å². The van der Waals surface area contributed by atoms with Gasteiger partial charge in [-0.1, -0.05) is 77.6 Å². The lowest BCUT2D eigenvalue weighted by Crippen LogP contribution is -2.53. The summed E-state index contributed by atoms with van der Waals surface area (Å²) in [7, 11) is 0. The van der Waals surface area contributed by atoms with Gasteiger partial charge in [0.15, 0.2) is 0 Å². The number of hydrogen-bond acceptors (Lipinski definition) is 0. The molecule has 1 heteroatoms. The van der Waals surface area contributed by atoms with E-state index in [1.807, 2.05) is 6.07 Å². The van der Waals surface area contributed by atoms with Crippen molar-refractivity contribution in [1.29, 1.82) is 0 Å². The normalized spacial score (nSPS) is 42.7. The molecule has 0 aliphatic heterocycles. The quantitative estimate of drug-likeness (QED) is 0.378. The Kier molecular flexibility index (Phi) is 7.23. The van der Waals surface area contributed by atoms with E-state index in [1.54, 1.807) is 0 Å². The minimum absolute atomic E-state index is 0.584. The van der Waals surface area contributed by atoms with E-state index in [0.29, 0.717) is 10.8 Å². The molecule has 190 valence electrons. The van der Waals surface area contributed by atoms with Crippen molar-refractivity contribution >= 4 is 11.6 Å². The summed E-state index contributed by atoms with van der Waals surface area (Å²) in [5.74, 6) is 7.41. The summed E-state index contributed by atoms with van der Waals surface area (Å²) in [4.78, 5) is 0. The lowest BCUT2D eigenvalue weighted by Gasteiger charge is -2.61. The van der Waals surface area contributed by atoms with Gasteiger partial charge in [-0.2, -0.15) is 0 Å². The predicted octanol–water partition coefficient (Wildman–Crippen LogP) is 10.5. The molecular formula is C33H51Cl. The SMILES string of the molecule is CC(C)CCC[C@@H](C)[C@H]1CC[C@H]2[C@@H]3CC[C@H]4CC(c5cccc(Cl)c5)CC[C@]4(C)[C@H]3CC[C@]12C. The van der Waals surface area contributed by atoms with Crippen molar-refractivity contribution in [2.45, 2.75) is 118 Å². The fraction of sp³-hybridized carbons (Fsp3) is 0.818.